The Morgan fingerprint density at radius 3 is 2.34 bits per heavy atom. The van der Waals surface area contributed by atoms with E-state index in [1.54, 1.807) is 19.1 Å². The third-order valence-corrected chi connectivity index (χ3v) is 7.70. The van der Waals surface area contributed by atoms with Crippen LogP contribution in [0.15, 0.2) is 47.4 Å². The van der Waals surface area contributed by atoms with Crippen LogP contribution in [0.1, 0.15) is 30.5 Å². The van der Waals surface area contributed by atoms with Gasteiger partial charge in [0.2, 0.25) is 15.9 Å². The summed E-state index contributed by atoms with van der Waals surface area (Å²) in [4.78, 5) is 25.0. The fourth-order valence-corrected chi connectivity index (χ4v) is 5.60. The number of carbonyl (C=O) groups is 2. The summed E-state index contributed by atoms with van der Waals surface area (Å²) in [6.07, 6.45) is 0. The zero-order valence-electron chi connectivity index (χ0n) is 18.6. The lowest BCUT2D eigenvalue weighted by atomic mass is 10.1. The Bertz CT molecular complexity index is 1110. The molecule has 1 N–H and O–H groups in total. The number of carboxylic acids is 1. The molecule has 1 aliphatic rings. The number of hydrogen-bond acceptors (Lipinski definition) is 5. The number of aryl methyl sites for hydroxylation is 2. The number of ether oxygens (including phenoxy) is 1. The van der Waals surface area contributed by atoms with Crippen LogP contribution < -0.4 is 4.74 Å². The molecule has 3 rings (SSSR count). The molecule has 1 aliphatic heterocycles. The maximum Gasteiger partial charge on any atom is 0.324 e. The van der Waals surface area contributed by atoms with Crippen LogP contribution in [0.3, 0.4) is 0 Å². The van der Waals surface area contributed by atoms with Crippen LogP contribution in [0.4, 0.5) is 0 Å². The highest BCUT2D eigenvalue weighted by molar-refractivity contribution is 7.89. The molecule has 2 aromatic carbocycles. The lowest BCUT2D eigenvalue weighted by Crippen LogP contribution is -2.63. The van der Waals surface area contributed by atoms with Gasteiger partial charge < -0.3 is 14.7 Å². The van der Waals surface area contributed by atoms with Gasteiger partial charge in [-0.15, -0.1) is 0 Å². The van der Waals surface area contributed by atoms with Crippen LogP contribution in [0.25, 0.3) is 0 Å². The number of benzene rings is 2. The Morgan fingerprint density at radius 1 is 1.09 bits per heavy atom. The molecule has 0 aliphatic carbocycles. The molecule has 0 aromatic heterocycles. The SMILES string of the molecule is CC(=O)N1CCN(S(=O)(=O)c2ccc(OCc3cc(C)ccc3C)cc2)C(C(=O)O)C1C. The van der Waals surface area contributed by atoms with Crippen molar-refractivity contribution in [1.82, 2.24) is 9.21 Å². The molecule has 1 fully saturated rings. The molecule has 172 valence electrons. The summed E-state index contributed by atoms with van der Waals surface area (Å²) in [5, 5.41) is 9.69. The van der Waals surface area contributed by atoms with Crippen LogP contribution in [0.5, 0.6) is 5.75 Å². The first-order valence-corrected chi connectivity index (χ1v) is 11.8. The molecule has 0 radical (unpaired) electrons. The predicted molar refractivity (Wildman–Crippen MR) is 119 cm³/mol. The average molecular weight is 461 g/mol. The molecule has 0 saturated carbocycles. The second kappa shape index (κ2) is 9.30. The Hall–Kier alpha value is -2.91. The fraction of sp³-hybridized carbons (Fsp3) is 0.391. The molecule has 32 heavy (non-hydrogen) atoms. The molecular formula is C23H28N2O6S. The van der Waals surface area contributed by atoms with E-state index in [-0.39, 0.29) is 23.9 Å². The van der Waals surface area contributed by atoms with E-state index in [4.69, 9.17) is 4.74 Å². The van der Waals surface area contributed by atoms with E-state index in [2.05, 4.69) is 0 Å². The Kier molecular flexibility index (Phi) is 6.90. The van der Waals surface area contributed by atoms with Crippen molar-refractivity contribution in [3.63, 3.8) is 0 Å². The molecule has 1 amide bonds. The largest absolute Gasteiger partial charge is 0.489 e. The minimum absolute atomic E-state index is 0.0219. The fourth-order valence-electron chi connectivity index (χ4n) is 3.96. The van der Waals surface area contributed by atoms with Gasteiger partial charge in [-0.1, -0.05) is 23.8 Å². The number of aliphatic carboxylic acids is 1. The highest BCUT2D eigenvalue weighted by Crippen LogP contribution is 2.27. The van der Waals surface area contributed by atoms with Gasteiger partial charge in [0.15, 0.2) is 0 Å². The molecule has 0 spiro atoms. The van der Waals surface area contributed by atoms with Crippen LogP contribution in [-0.2, 0) is 26.2 Å². The van der Waals surface area contributed by atoms with Crippen LogP contribution in [0.2, 0.25) is 0 Å². The van der Waals surface area contributed by atoms with Crippen LogP contribution in [-0.4, -0.2) is 59.8 Å². The van der Waals surface area contributed by atoms with Crippen molar-refractivity contribution >= 4 is 21.9 Å². The summed E-state index contributed by atoms with van der Waals surface area (Å²) in [5.41, 5.74) is 3.28. The summed E-state index contributed by atoms with van der Waals surface area (Å²) in [7, 11) is -4.08. The number of hydrogen-bond donors (Lipinski definition) is 1. The number of piperazine rings is 1. The van der Waals surface area contributed by atoms with Crippen LogP contribution in [0, 0.1) is 13.8 Å². The van der Waals surface area contributed by atoms with Gasteiger partial charge in [0.05, 0.1) is 10.9 Å². The summed E-state index contributed by atoms with van der Waals surface area (Å²) >= 11 is 0. The van der Waals surface area contributed by atoms with Gasteiger partial charge in [-0.3, -0.25) is 9.59 Å². The van der Waals surface area contributed by atoms with Gasteiger partial charge in [-0.25, -0.2) is 8.42 Å². The number of carbonyl (C=O) groups excluding carboxylic acids is 1. The van der Waals surface area contributed by atoms with E-state index in [9.17, 15) is 23.1 Å². The molecule has 8 nitrogen and oxygen atoms in total. The summed E-state index contributed by atoms with van der Waals surface area (Å²) in [6, 6.07) is 9.89. The summed E-state index contributed by atoms with van der Waals surface area (Å²) in [5.74, 6) is -1.07. The predicted octanol–water partition coefficient (Wildman–Crippen LogP) is 2.58. The van der Waals surface area contributed by atoms with E-state index in [1.165, 1.54) is 24.0 Å². The molecule has 2 unspecified atom stereocenters. The van der Waals surface area contributed by atoms with Gasteiger partial charge >= 0.3 is 5.97 Å². The van der Waals surface area contributed by atoms with E-state index in [0.29, 0.717) is 12.4 Å². The molecule has 2 atom stereocenters. The Balaban J connectivity index is 1.79. The summed E-state index contributed by atoms with van der Waals surface area (Å²) in [6.45, 7) is 7.29. The maximum absolute atomic E-state index is 13.2. The molecule has 0 bridgehead atoms. The van der Waals surface area contributed by atoms with E-state index >= 15 is 0 Å². The van der Waals surface area contributed by atoms with E-state index < -0.39 is 28.1 Å². The van der Waals surface area contributed by atoms with Gasteiger partial charge in [0, 0.05) is 20.0 Å². The highest BCUT2D eigenvalue weighted by Gasteiger charge is 2.45. The number of rotatable bonds is 6. The maximum atomic E-state index is 13.2. The van der Waals surface area contributed by atoms with Gasteiger partial charge in [-0.05, 0) is 56.2 Å². The zero-order valence-corrected chi connectivity index (χ0v) is 19.4. The second-order valence-electron chi connectivity index (χ2n) is 8.04. The van der Waals surface area contributed by atoms with Crippen molar-refractivity contribution in [2.45, 2.75) is 51.3 Å². The van der Waals surface area contributed by atoms with Crippen molar-refractivity contribution in [3.05, 3.63) is 59.2 Å². The quantitative estimate of drug-likeness (QED) is 0.711. The number of sulfonamides is 1. The Morgan fingerprint density at radius 2 is 1.75 bits per heavy atom. The van der Waals surface area contributed by atoms with Gasteiger partial charge in [0.1, 0.15) is 18.4 Å². The third-order valence-electron chi connectivity index (χ3n) is 5.81. The van der Waals surface area contributed by atoms with Crippen molar-refractivity contribution in [2.24, 2.45) is 0 Å². The minimum Gasteiger partial charge on any atom is -0.489 e. The normalized spacial score (nSPS) is 19.6. The van der Waals surface area contributed by atoms with Crippen molar-refractivity contribution in [2.75, 3.05) is 13.1 Å². The van der Waals surface area contributed by atoms with Gasteiger partial charge in [-0.2, -0.15) is 4.31 Å². The Labute approximate surface area is 188 Å². The van der Waals surface area contributed by atoms with E-state index in [1.807, 2.05) is 32.0 Å². The van der Waals surface area contributed by atoms with Crippen molar-refractivity contribution in [3.8, 4) is 5.75 Å². The van der Waals surface area contributed by atoms with Crippen LogP contribution >= 0.6 is 0 Å². The first-order valence-electron chi connectivity index (χ1n) is 10.3. The topological polar surface area (TPSA) is 104 Å². The number of carboxylic acid groups (broad SMARTS) is 1. The second-order valence-corrected chi connectivity index (χ2v) is 9.93. The number of amides is 1. The molecule has 2 aromatic rings. The third kappa shape index (κ3) is 4.78. The first-order chi connectivity index (χ1) is 15.0. The standard InChI is InChI=1S/C23H28N2O6S/c1-15-5-6-16(2)19(13-15)14-31-20-7-9-21(10-8-20)32(29,30)25-12-11-24(18(4)26)17(3)22(25)23(27)28/h5-10,13,17,22H,11-12,14H2,1-4H3,(H,27,28). The average Bonchev–Trinajstić information content (AvgIpc) is 2.73. The first kappa shape index (κ1) is 23.7. The summed E-state index contributed by atoms with van der Waals surface area (Å²) < 4.78 is 33.2. The van der Waals surface area contributed by atoms with Crippen molar-refractivity contribution in [1.29, 1.82) is 0 Å². The lowest BCUT2D eigenvalue weighted by Gasteiger charge is -2.43. The molecule has 9 heteroatoms. The molecule has 1 heterocycles. The van der Waals surface area contributed by atoms with E-state index in [0.717, 1.165) is 21.0 Å². The molecule has 1 saturated heterocycles. The monoisotopic (exact) mass is 460 g/mol. The lowest BCUT2D eigenvalue weighted by molar-refractivity contribution is -0.148. The van der Waals surface area contributed by atoms with Crippen molar-refractivity contribution < 1.29 is 27.9 Å². The van der Waals surface area contributed by atoms with Gasteiger partial charge in [0.25, 0.3) is 0 Å². The smallest absolute Gasteiger partial charge is 0.324 e. The minimum atomic E-state index is -4.08. The highest BCUT2D eigenvalue weighted by atomic mass is 32.2. The molecular weight excluding hydrogens is 432 g/mol. The zero-order chi connectivity index (χ0) is 23.6. The number of nitrogens with zero attached hydrogens (tertiary/aromatic N) is 2.